The summed E-state index contributed by atoms with van der Waals surface area (Å²) in [4.78, 5) is 36.3. The van der Waals surface area contributed by atoms with Crippen molar-refractivity contribution in [3.05, 3.63) is 73.0 Å². The second-order valence-corrected chi connectivity index (χ2v) is 3.66. The van der Waals surface area contributed by atoms with E-state index in [1.807, 2.05) is 0 Å². The molecule has 2 heterocycles. The number of furan rings is 1. The molecule has 0 radical (unpaired) electrons. The molecule has 102 valence electrons. The van der Waals surface area contributed by atoms with Crippen molar-refractivity contribution in [2.24, 2.45) is 0 Å². The van der Waals surface area contributed by atoms with Crippen molar-refractivity contribution in [2.75, 3.05) is 0 Å². The van der Waals surface area contributed by atoms with Crippen LogP contribution in [0.3, 0.4) is 0 Å². The first-order valence-corrected chi connectivity index (χ1v) is 5.47. The Morgan fingerprint density at radius 2 is 1.95 bits per heavy atom. The molecular formula is C12H9N3O5. The van der Waals surface area contributed by atoms with Crippen LogP contribution in [0.15, 0.2) is 44.6 Å². The van der Waals surface area contributed by atoms with Gasteiger partial charge in [-0.05, 0) is 24.3 Å². The maximum Gasteiger partial charge on any atom is 0.357 e. The quantitative estimate of drug-likeness (QED) is 0.494. The standard InChI is InChI=1S/C12H9N3O5/c16-11-10(15(18)19)9(13-12(17)14-11)6-2-1-4-8-5-3-7-20-8/h1-7H,(H2,13,14,16,17). The van der Waals surface area contributed by atoms with E-state index in [1.165, 1.54) is 18.4 Å². The van der Waals surface area contributed by atoms with Crippen LogP contribution in [0.4, 0.5) is 5.69 Å². The Labute approximate surface area is 111 Å². The molecule has 8 nitrogen and oxygen atoms in total. The second-order valence-electron chi connectivity index (χ2n) is 3.66. The van der Waals surface area contributed by atoms with Crippen molar-refractivity contribution in [2.45, 2.75) is 0 Å². The molecule has 0 saturated carbocycles. The summed E-state index contributed by atoms with van der Waals surface area (Å²) in [6.07, 6.45) is 7.38. The minimum Gasteiger partial charge on any atom is -0.465 e. The number of rotatable bonds is 4. The maximum absolute atomic E-state index is 11.3. The summed E-state index contributed by atoms with van der Waals surface area (Å²) in [7, 11) is 0. The molecule has 0 amide bonds. The fraction of sp³-hybridized carbons (Fsp3) is 0. The fourth-order valence-corrected chi connectivity index (χ4v) is 1.49. The molecule has 0 atom stereocenters. The Bertz CT molecular complexity index is 780. The van der Waals surface area contributed by atoms with E-state index >= 15 is 0 Å². The number of aromatic nitrogens is 2. The van der Waals surface area contributed by atoms with Gasteiger partial charge in [-0.1, -0.05) is 12.2 Å². The highest BCUT2D eigenvalue weighted by Gasteiger charge is 2.18. The molecule has 0 aliphatic carbocycles. The van der Waals surface area contributed by atoms with Crippen LogP contribution in [0, 0.1) is 10.1 Å². The van der Waals surface area contributed by atoms with Crippen LogP contribution < -0.4 is 11.2 Å². The highest BCUT2D eigenvalue weighted by atomic mass is 16.6. The third-order valence-corrected chi connectivity index (χ3v) is 2.31. The molecule has 8 heteroatoms. The first-order valence-electron chi connectivity index (χ1n) is 5.47. The van der Waals surface area contributed by atoms with Crippen molar-refractivity contribution in [1.82, 2.24) is 9.97 Å². The molecular weight excluding hydrogens is 266 g/mol. The molecule has 2 rings (SSSR count). The number of nitrogens with one attached hydrogen (secondary N) is 2. The third kappa shape index (κ3) is 2.99. The highest BCUT2D eigenvalue weighted by molar-refractivity contribution is 5.58. The van der Waals surface area contributed by atoms with Crippen LogP contribution in [-0.2, 0) is 0 Å². The zero-order chi connectivity index (χ0) is 14.5. The number of aromatic amines is 2. The maximum atomic E-state index is 11.3. The van der Waals surface area contributed by atoms with E-state index < -0.39 is 21.9 Å². The van der Waals surface area contributed by atoms with Gasteiger partial charge < -0.3 is 9.40 Å². The van der Waals surface area contributed by atoms with Gasteiger partial charge in [-0.3, -0.25) is 19.9 Å². The summed E-state index contributed by atoms with van der Waals surface area (Å²) in [5, 5.41) is 10.8. The van der Waals surface area contributed by atoms with E-state index in [-0.39, 0.29) is 5.69 Å². The zero-order valence-corrected chi connectivity index (χ0v) is 10.0. The normalized spacial score (nSPS) is 11.4. The first kappa shape index (κ1) is 13.3. The lowest BCUT2D eigenvalue weighted by Crippen LogP contribution is -2.25. The SMILES string of the molecule is O=c1[nH]c(C=CC=Cc2ccco2)c([N+](=O)[O-])c(=O)[nH]1. The molecule has 0 aromatic carbocycles. The predicted molar refractivity (Wildman–Crippen MR) is 71.1 cm³/mol. The Morgan fingerprint density at radius 3 is 2.60 bits per heavy atom. The number of nitro groups is 1. The summed E-state index contributed by atoms with van der Waals surface area (Å²) in [5.74, 6) is 0.601. The lowest BCUT2D eigenvalue weighted by atomic mass is 10.3. The average molecular weight is 275 g/mol. The van der Waals surface area contributed by atoms with Crippen molar-refractivity contribution in [1.29, 1.82) is 0 Å². The Balaban J connectivity index is 2.31. The molecule has 2 N–H and O–H groups in total. The van der Waals surface area contributed by atoms with E-state index in [0.717, 1.165) is 0 Å². The van der Waals surface area contributed by atoms with Crippen molar-refractivity contribution < 1.29 is 9.34 Å². The molecule has 0 bridgehead atoms. The van der Waals surface area contributed by atoms with E-state index in [0.29, 0.717) is 5.76 Å². The van der Waals surface area contributed by atoms with Gasteiger partial charge in [0.05, 0.1) is 11.2 Å². The Hall–Kier alpha value is -3.16. The molecule has 0 saturated heterocycles. The molecule has 0 aliphatic rings. The first-order chi connectivity index (χ1) is 9.58. The zero-order valence-electron chi connectivity index (χ0n) is 10.0. The summed E-state index contributed by atoms with van der Waals surface area (Å²) in [5.41, 5.74) is -2.75. The van der Waals surface area contributed by atoms with Gasteiger partial charge in [-0.2, -0.15) is 0 Å². The topological polar surface area (TPSA) is 122 Å². The van der Waals surface area contributed by atoms with E-state index in [4.69, 9.17) is 4.42 Å². The molecule has 0 spiro atoms. The predicted octanol–water partition coefficient (Wildman–Crippen LogP) is 1.29. The van der Waals surface area contributed by atoms with Gasteiger partial charge in [0, 0.05) is 0 Å². The lowest BCUT2D eigenvalue weighted by Gasteiger charge is -1.94. The summed E-state index contributed by atoms with van der Waals surface area (Å²) < 4.78 is 5.04. The van der Waals surface area contributed by atoms with E-state index in [1.54, 1.807) is 29.3 Å². The van der Waals surface area contributed by atoms with Crippen molar-refractivity contribution in [3.8, 4) is 0 Å². The molecule has 2 aromatic heterocycles. The smallest absolute Gasteiger partial charge is 0.357 e. The monoisotopic (exact) mass is 275 g/mol. The molecule has 20 heavy (non-hydrogen) atoms. The van der Waals surface area contributed by atoms with Crippen LogP contribution >= 0.6 is 0 Å². The van der Waals surface area contributed by atoms with Gasteiger partial charge >= 0.3 is 16.9 Å². The molecule has 2 aromatic rings. The number of allylic oxidation sites excluding steroid dienone is 2. The van der Waals surface area contributed by atoms with Crippen molar-refractivity contribution >= 4 is 17.8 Å². The summed E-state index contributed by atoms with van der Waals surface area (Å²) in [6, 6.07) is 3.43. The largest absolute Gasteiger partial charge is 0.465 e. The van der Waals surface area contributed by atoms with Gasteiger partial charge in [0.15, 0.2) is 0 Å². The van der Waals surface area contributed by atoms with Gasteiger partial charge in [-0.25, -0.2) is 4.79 Å². The Kier molecular flexibility index (Phi) is 3.75. The summed E-state index contributed by atoms with van der Waals surface area (Å²) >= 11 is 0. The van der Waals surface area contributed by atoms with Crippen LogP contribution in [0.2, 0.25) is 0 Å². The van der Waals surface area contributed by atoms with Gasteiger partial charge in [0.2, 0.25) is 0 Å². The number of H-pyrrole nitrogens is 2. The molecule has 0 aliphatic heterocycles. The van der Waals surface area contributed by atoms with Crippen LogP contribution in [0.1, 0.15) is 11.5 Å². The highest BCUT2D eigenvalue weighted by Crippen LogP contribution is 2.10. The minimum absolute atomic E-state index is 0.173. The Morgan fingerprint density at radius 1 is 1.20 bits per heavy atom. The van der Waals surface area contributed by atoms with Gasteiger partial charge in [-0.15, -0.1) is 0 Å². The van der Waals surface area contributed by atoms with Gasteiger partial charge in [0.1, 0.15) is 11.5 Å². The number of nitrogens with zero attached hydrogens (tertiary/aromatic N) is 1. The second kappa shape index (κ2) is 5.65. The number of hydrogen-bond donors (Lipinski definition) is 2. The minimum atomic E-state index is -1.05. The fourth-order valence-electron chi connectivity index (χ4n) is 1.49. The van der Waals surface area contributed by atoms with Crippen LogP contribution in [0.25, 0.3) is 12.2 Å². The number of hydrogen-bond acceptors (Lipinski definition) is 5. The van der Waals surface area contributed by atoms with Crippen molar-refractivity contribution in [3.63, 3.8) is 0 Å². The van der Waals surface area contributed by atoms with Gasteiger partial charge in [0.25, 0.3) is 0 Å². The van der Waals surface area contributed by atoms with Crippen LogP contribution in [0.5, 0.6) is 0 Å². The third-order valence-electron chi connectivity index (χ3n) is 2.31. The lowest BCUT2D eigenvalue weighted by molar-refractivity contribution is -0.386. The molecule has 0 fully saturated rings. The van der Waals surface area contributed by atoms with Crippen LogP contribution in [-0.4, -0.2) is 14.9 Å². The van der Waals surface area contributed by atoms with E-state index in [9.17, 15) is 19.7 Å². The summed E-state index contributed by atoms with van der Waals surface area (Å²) in [6.45, 7) is 0. The van der Waals surface area contributed by atoms with E-state index in [2.05, 4.69) is 4.98 Å². The average Bonchev–Trinajstić information content (AvgIpc) is 2.86. The molecule has 0 unspecified atom stereocenters.